The van der Waals surface area contributed by atoms with Crippen LogP contribution in [0.25, 0.3) is 16.9 Å². The summed E-state index contributed by atoms with van der Waals surface area (Å²) >= 11 is 0. The number of H-pyrrole nitrogens is 1. The third kappa shape index (κ3) is 5.23. The molecule has 2 aromatic carbocycles. The molecule has 0 aliphatic rings. The number of rotatable bonds is 7. The van der Waals surface area contributed by atoms with Gasteiger partial charge in [0.15, 0.2) is 5.82 Å². The third-order valence-electron chi connectivity index (χ3n) is 4.91. The number of benzene rings is 2. The van der Waals surface area contributed by atoms with Crippen LogP contribution in [0.5, 0.6) is 0 Å². The Balaban J connectivity index is 1.38. The monoisotopic (exact) mass is 439 g/mol. The molecule has 0 saturated carbocycles. The number of aromatic amines is 1. The van der Waals surface area contributed by atoms with Gasteiger partial charge in [-0.3, -0.25) is 14.7 Å². The minimum Gasteiger partial charge on any atom is -0.372 e. The summed E-state index contributed by atoms with van der Waals surface area (Å²) in [6.45, 7) is 2.12. The van der Waals surface area contributed by atoms with Gasteiger partial charge in [0.25, 0.3) is 5.56 Å². The fraction of sp³-hybridized carbons (Fsp3) is 0.120. The minimum atomic E-state index is -0.387. The average molecular weight is 439 g/mol. The predicted molar refractivity (Wildman–Crippen MR) is 124 cm³/mol. The molecule has 8 nitrogen and oxygen atoms in total. The van der Waals surface area contributed by atoms with Crippen molar-refractivity contribution in [2.75, 3.05) is 5.32 Å². The van der Waals surface area contributed by atoms with Gasteiger partial charge in [-0.15, -0.1) is 0 Å². The second kappa shape index (κ2) is 9.77. The zero-order valence-electron chi connectivity index (χ0n) is 17.9. The van der Waals surface area contributed by atoms with E-state index in [0.717, 1.165) is 22.3 Å². The quantitative estimate of drug-likeness (QED) is 0.455. The van der Waals surface area contributed by atoms with Gasteiger partial charge in [-0.05, 0) is 46.5 Å². The van der Waals surface area contributed by atoms with Gasteiger partial charge in [0.1, 0.15) is 5.69 Å². The number of aromatic nitrogens is 3. The maximum Gasteiger partial charge on any atom is 0.296 e. The number of hydrogen-bond acceptors (Lipinski definition) is 5. The van der Waals surface area contributed by atoms with Crippen LogP contribution in [0.3, 0.4) is 0 Å². The van der Waals surface area contributed by atoms with Gasteiger partial charge >= 0.3 is 0 Å². The van der Waals surface area contributed by atoms with E-state index in [2.05, 4.69) is 21.5 Å². The molecule has 4 aromatic rings. The summed E-state index contributed by atoms with van der Waals surface area (Å²) in [5.41, 5.74) is 4.28. The lowest BCUT2D eigenvalue weighted by Crippen LogP contribution is -2.20. The molecular weight excluding hydrogens is 418 g/mol. The van der Waals surface area contributed by atoms with E-state index in [1.165, 1.54) is 17.8 Å². The van der Waals surface area contributed by atoms with Crippen LogP contribution in [-0.4, -0.2) is 20.7 Å². The minimum absolute atomic E-state index is 0.165. The molecule has 0 radical (unpaired) electrons. The van der Waals surface area contributed by atoms with Crippen molar-refractivity contribution in [2.24, 2.45) is 0 Å². The first-order chi connectivity index (χ1) is 16.0. The number of nitrogens with zero attached hydrogens (tertiary/aromatic N) is 3. The highest BCUT2D eigenvalue weighted by atomic mass is 16.5. The Bertz CT molecular complexity index is 1380. The van der Waals surface area contributed by atoms with Gasteiger partial charge < -0.3 is 10.1 Å². The van der Waals surface area contributed by atoms with E-state index in [1.54, 1.807) is 18.3 Å². The molecule has 2 heterocycles. The number of anilines is 1. The Morgan fingerprint density at radius 3 is 2.58 bits per heavy atom. The molecule has 2 aromatic heterocycles. The van der Waals surface area contributed by atoms with Gasteiger partial charge in [-0.2, -0.15) is 9.94 Å². The Labute approximate surface area is 190 Å². The van der Waals surface area contributed by atoms with Crippen molar-refractivity contribution < 1.29 is 9.53 Å². The first kappa shape index (κ1) is 21.7. The molecule has 8 heteroatoms. The van der Waals surface area contributed by atoms with Gasteiger partial charge in [-0.25, -0.2) is 4.98 Å². The Kier molecular flexibility index (Phi) is 6.43. The maximum atomic E-state index is 12.3. The van der Waals surface area contributed by atoms with Crippen LogP contribution in [0.4, 0.5) is 5.69 Å². The zero-order valence-corrected chi connectivity index (χ0v) is 17.9. The Morgan fingerprint density at radius 2 is 1.85 bits per heavy atom. The number of amides is 1. The summed E-state index contributed by atoms with van der Waals surface area (Å²) < 4.78 is 7.10. The topological polar surface area (TPSA) is 113 Å². The molecule has 0 atom stereocenters. The fourth-order valence-electron chi connectivity index (χ4n) is 3.35. The van der Waals surface area contributed by atoms with Crippen molar-refractivity contribution in [2.45, 2.75) is 20.1 Å². The van der Waals surface area contributed by atoms with Crippen molar-refractivity contribution in [3.8, 4) is 23.0 Å². The van der Waals surface area contributed by atoms with Crippen LogP contribution in [0, 0.1) is 11.3 Å². The van der Waals surface area contributed by atoms with Crippen LogP contribution in [-0.2, 0) is 22.7 Å². The zero-order chi connectivity index (χ0) is 23.2. The van der Waals surface area contributed by atoms with Gasteiger partial charge in [0.2, 0.25) is 5.91 Å². The number of nitriles is 1. The Hall–Kier alpha value is -4.48. The predicted octanol–water partition coefficient (Wildman–Crippen LogP) is 3.77. The lowest BCUT2D eigenvalue weighted by Gasteiger charge is -2.08. The van der Waals surface area contributed by atoms with Crippen LogP contribution >= 0.6 is 0 Å². The maximum absolute atomic E-state index is 12.3. The first-order valence-corrected chi connectivity index (χ1v) is 10.2. The smallest absolute Gasteiger partial charge is 0.296 e. The SMILES string of the molecule is CC(=O)Nc1c[nH]n(-c2ccc(COCc3cccc(-c4cccc(C#N)c4)c3)cn2)c1=O. The van der Waals surface area contributed by atoms with E-state index < -0.39 is 0 Å². The highest BCUT2D eigenvalue weighted by Gasteiger charge is 2.10. The molecule has 0 fully saturated rings. The van der Waals surface area contributed by atoms with Crippen LogP contribution < -0.4 is 10.9 Å². The van der Waals surface area contributed by atoms with Crippen molar-refractivity contribution in [3.05, 3.63) is 100 Å². The lowest BCUT2D eigenvalue weighted by atomic mass is 10.0. The van der Waals surface area contributed by atoms with E-state index >= 15 is 0 Å². The second-order valence-electron chi connectivity index (χ2n) is 7.42. The molecule has 4 rings (SSSR count). The summed E-state index contributed by atoms with van der Waals surface area (Å²) in [6.07, 6.45) is 3.07. The van der Waals surface area contributed by atoms with Gasteiger partial charge in [0, 0.05) is 19.3 Å². The highest BCUT2D eigenvalue weighted by Crippen LogP contribution is 2.22. The average Bonchev–Trinajstić information content (AvgIpc) is 3.19. The highest BCUT2D eigenvalue weighted by molar-refractivity contribution is 5.88. The largest absolute Gasteiger partial charge is 0.372 e. The van der Waals surface area contributed by atoms with Crippen molar-refractivity contribution in [3.63, 3.8) is 0 Å². The van der Waals surface area contributed by atoms with Crippen molar-refractivity contribution >= 4 is 11.6 Å². The molecule has 0 bridgehead atoms. The van der Waals surface area contributed by atoms with Crippen LogP contribution in [0.2, 0.25) is 0 Å². The van der Waals surface area contributed by atoms with Crippen LogP contribution in [0.15, 0.2) is 77.9 Å². The van der Waals surface area contributed by atoms with E-state index in [1.807, 2.05) is 48.5 Å². The molecular formula is C25H21N5O3. The molecule has 2 N–H and O–H groups in total. The van der Waals surface area contributed by atoms with Gasteiger partial charge in [-0.1, -0.05) is 36.4 Å². The lowest BCUT2D eigenvalue weighted by molar-refractivity contribution is -0.114. The molecule has 0 spiro atoms. The van der Waals surface area contributed by atoms with E-state index in [9.17, 15) is 9.59 Å². The standard InChI is InChI=1S/C25H21N5O3/c1-17(31)29-23-14-28-30(25(23)32)24-9-8-20(13-27-24)16-33-15-19-5-3-7-22(11-19)21-6-2-4-18(10-21)12-26/h2-11,13-14,28H,15-16H2,1H3,(H,29,31). The number of nitrogens with one attached hydrogen (secondary N) is 2. The first-order valence-electron chi connectivity index (χ1n) is 10.2. The number of carbonyl (C=O) groups is 1. The molecule has 0 aliphatic heterocycles. The van der Waals surface area contributed by atoms with Crippen molar-refractivity contribution in [1.29, 1.82) is 5.26 Å². The summed E-state index contributed by atoms with van der Waals surface area (Å²) in [4.78, 5) is 27.8. The molecule has 1 amide bonds. The van der Waals surface area contributed by atoms with Gasteiger partial charge in [0.05, 0.1) is 24.8 Å². The van der Waals surface area contributed by atoms with E-state index in [-0.39, 0.29) is 17.2 Å². The number of hydrogen-bond donors (Lipinski definition) is 2. The number of pyridine rings is 1. The summed E-state index contributed by atoms with van der Waals surface area (Å²) in [5, 5.41) is 14.4. The van der Waals surface area contributed by atoms with Crippen molar-refractivity contribution in [1.82, 2.24) is 14.8 Å². The molecule has 0 saturated heterocycles. The number of ether oxygens (including phenoxy) is 1. The fourth-order valence-corrected chi connectivity index (χ4v) is 3.35. The molecule has 0 aliphatic carbocycles. The molecule has 164 valence electrons. The molecule has 0 unspecified atom stereocenters. The van der Waals surface area contributed by atoms with Crippen LogP contribution in [0.1, 0.15) is 23.6 Å². The summed E-state index contributed by atoms with van der Waals surface area (Å²) in [7, 11) is 0. The summed E-state index contributed by atoms with van der Waals surface area (Å²) in [6, 6.07) is 21.2. The normalized spacial score (nSPS) is 10.5. The van der Waals surface area contributed by atoms with E-state index in [4.69, 9.17) is 10.00 Å². The molecule has 33 heavy (non-hydrogen) atoms. The number of carbonyl (C=O) groups excluding carboxylic acids is 1. The second-order valence-corrected chi connectivity index (χ2v) is 7.42. The Morgan fingerprint density at radius 1 is 1.09 bits per heavy atom. The summed E-state index contributed by atoms with van der Waals surface area (Å²) in [5.74, 6) is 0.0904. The third-order valence-corrected chi connectivity index (χ3v) is 4.91. The van der Waals surface area contributed by atoms with E-state index in [0.29, 0.717) is 24.6 Å².